The van der Waals surface area contributed by atoms with Gasteiger partial charge in [0.25, 0.3) is 0 Å². The van der Waals surface area contributed by atoms with Gasteiger partial charge in [-0.2, -0.15) is 0 Å². The molecule has 0 N–H and O–H groups in total. The van der Waals surface area contributed by atoms with Gasteiger partial charge in [0, 0.05) is 0 Å². The fourth-order valence-corrected chi connectivity index (χ4v) is 4.44. The fraction of sp³-hybridized carbons (Fsp3) is 0.304. The standard InChI is InChI=1S/C23H23NO2Se/c1-2-3-4-6-11-18(16-17-27-19-12-7-5-8-13-19)24-22(25)20-14-9-10-15-21(20)23(24)26/h5,7-10,12-15,18H,2-4,6,11H2,1H3/t18-/m1/s1. The van der Waals surface area contributed by atoms with Gasteiger partial charge < -0.3 is 0 Å². The molecule has 3 nitrogen and oxygen atoms in total. The molecular formula is C23H23NO2Se. The third kappa shape index (κ3) is 4.69. The monoisotopic (exact) mass is 425 g/mol. The fourth-order valence-electron chi connectivity index (χ4n) is 3.17. The van der Waals surface area contributed by atoms with Gasteiger partial charge in [0.1, 0.15) is 0 Å². The molecule has 0 aromatic heterocycles. The maximum atomic E-state index is 12.8. The molecule has 0 bridgehead atoms. The zero-order chi connectivity index (χ0) is 19.1. The summed E-state index contributed by atoms with van der Waals surface area (Å²) in [6.45, 7) is 2.17. The van der Waals surface area contributed by atoms with Crippen LogP contribution in [0.3, 0.4) is 0 Å². The number of benzene rings is 2. The third-order valence-electron chi connectivity index (χ3n) is 4.61. The Morgan fingerprint density at radius 3 is 2.15 bits per heavy atom. The normalized spacial score (nSPS) is 13.9. The van der Waals surface area contributed by atoms with Crippen LogP contribution in [-0.2, 0) is 0 Å². The van der Waals surface area contributed by atoms with Crippen LogP contribution in [0.2, 0.25) is 0 Å². The minimum atomic E-state index is -0.347. The van der Waals surface area contributed by atoms with E-state index < -0.39 is 0 Å². The molecule has 0 spiro atoms. The van der Waals surface area contributed by atoms with Crippen LogP contribution < -0.4 is 4.46 Å². The van der Waals surface area contributed by atoms with Crippen molar-refractivity contribution >= 4 is 31.2 Å². The molecular weight excluding hydrogens is 401 g/mol. The number of imide groups is 1. The van der Waals surface area contributed by atoms with Gasteiger partial charge in [0.2, 0.25) is 0 Å². The van der Waals surface area contributed by atoms with Gasteiger partial charge >= 0.3 is 167 Å². The average molecular weight is 424 g/mol. The Morgan fingerprint density at radius 2 is 1.52 bits per heavy atom. The van der Waals surface area contributed by atoms with Crippen molar-refractivity contribution in [2.75, 3.05) is 0 Å². The molecule has 0 aliphatic carbocycles. The molecule has 1 heterocycles. The predicted molar refractivity (Wildman–Crippen MR) is 109 cm³/mol. The van der Waals surface area contributed by atoms with Crippen molar-refractivity contribution in [3.8, 4) is 10.7 Å². The number of rotatable bonds is 7. The van der Waals surface area contributed by atoms with Crippen LogP contribution in [0.15, 0.2) is 54.6 Å². The molecule has 0 saturated carbocycles. The first-order valence-corrected chi connectivity index (χ1v) is 11.1. The number of unbranched alkanes of at least 4 members (excludes halogenated alkanes) is 3. The van der Waals surface area contributed by atoms with Crippen molar-refractivity contribution in [3.63, 3.8) is 0 Å². The Kier molecular flexibility index (Phi) is 6.87. The molecule has 2 amide bonds. The second-order valence-corrected chi connectivity index (χ2v) is 8.40. The van der Waals surface area contributed by atoms with Gasteiger partial charge in [0.05, 0.1) is 0 Å². The number of fused-ring (bicyclic) bond motifs is 1. The second kappa shape index (κ2) is 9.55. The van der Waals surface area contributed by atoms with Crippen molar-refractivity contribution in [3.05, 3.63) is 65.7 Å². The van der Waals surface area contributed by atoms with Crippen LogP contribution in [0.25, 0.3) is 0 Å². The van der Waals surface area contributed by atoms with E-state index in [4.69, 9.17) is 0 Å². The van der Waals surface area contributed by atoms with Gasteiger partial charge in [0.15, 0.2) is 0 Å². The van der Waals surface area contributed by atoms with E-state index in [0.717, 1.165) is 32.1 Å². The van der Waals surface area contributed by atoms with Crippen LogP contribution in [0.5, 0.6) is 0 Å². The molecule has 0 unspecified atom stereocenters. The number of amides is 2. The Hall–Kier alpha value is -2.34. The number of carbonyl (C=O) groups excluding carboxylic acids is 2. The van der Waals surface area contributed by atoms with Gasteiger partial charge in [-0.25, -0.2) is 0 Å². The molecule has 1 aliphatic rings. The van der Waals surface area contributed by atoms with E-state index in [1.54, 1.807) is 24.3 Å². The molecule has 27 heavy (non-hydrogen) atoms. The summed E-state index contributed by atoms with van der Waals surface area (Å²) in [5.41, 5.74) is 0.993. The second-order valence-electron chi connectivity index (χ2n) is 6.55. The number of hydrogen-bond acceptors (Lipinski definition) is 2. The van der Waals surface area contributed by atoms with Crippen molar-refractivity contribution in [1.29, 1.82) is 0 Å². The molecule has 4 heteroatoms. The van der Waals surface area contributed by atoms with Crippen LogP contribution >= 0.6 is 0 Å². The van der Waals surface area contributed by atoms with Crippen LogP contribution in [0.1, 0.15) is 59.7 Å². The minimum absolute atomic E-state index is 0.0155. The predicted octanol–water partition coefficient (Wildman–Crippen LogP) is 3.61. The van der Waals surface area contributed by atoms with E-state index in [1.165, 1.54) is 9.36 Å². The van der Waals surface area contributed by atoms with Crippen molar-refractivity contribution in [2.24, 2.45) is 0 Å². The Morgan fingerprint density at radius 1 is 0.889 bits per heavy atom. The Labute approximate surface area is 167 Å². The molecule has 3 rings (SSSR count). The maximum absolute atomic E-state index is 12.8. The van der Waals surface area contributed by atoms with E-state index >= 15 is 0 Å². The van der Waals surface area contributed by atoms with E-state index in [0.29, 0.717) is 11.1 Å². The Bertz CT molecular complexity index is 832. The summed E-state index contributed by atoms with van der Waals surface area (Å²) in [6, 6.07) is 16.8. The van der Waals surface area contributed by atoms with Crippen molar-refractivity contribution in [1.82, 2.24) is 4.90 Å². The summed E-state index contributed by atoms with van der Waals surface area (Å²) in [4.78, 5) is 30.3. The van der Waals surface area contributed by atoms with Crippen LogP contribution in [0.4, 0.5) is 0 Å². The quantitative estimate of drug-likeness (QED) is 0.295. The Balaban J connectivity index is 1.78. The van der Waals surface area contributed by atoms with Crippen LogP contribution in [0, 0.1) is 10.7 Å². The van der Waals surface area contributed by atoms with Gasteiger partial charge in [-0.15, -0.1) is 0 Å². The SMILES string of the molecule is CCCCCC[C@H](C#C[Se]c1ccccc1)N1C(=O)c2ccccc2C1=O. The first-order chi connectivity index (χ1) is 13.2. The van der Waals surface area contributed by atoms with Crippen molar-refractivity contribution in [2.45, 2.75) is 45.1 Å². The van der Waals surface area contributed by atoms with Crippen LogP contribution in [-0.4, -0.2) is 37.7 Å². The molecule has 2 aromatic carbocycles. The van der Waals surface area contributed by atoms with E-state index in [2.05, 4.69) is 29.8 Å². The molecule has 0 radical (unpaired) electrons. The van der Waals surface area contributed by atoms with E-state index in [9.17, 15) is 9.59 Å². The van der Waals surface area contributed by atoms with Crippen molar-refractivity contribution < 1.29 is 9.59 Å². The first-order valence-electron chi connectivity index (χ1n) is 9.41. The van der Waals surface area contributed by atoms with E-state index in [-0.39, 0.29) is 32.8 Å². The molecule has 1 aliphatic heterocycles. The summed E-state index contributed by atoms with van der Waals surface area (Å²) in [5, 5.41) is 0. The molecule has 0 saturated heterocycles. The molecule has 2 aromatic rings. The number of carbonyl (C=O) groups is 2. The van der Waals surface area contributed by atoms with Gasteiger partial charge in [-0.3, -0.25) is 0 Å². The van der Waals surface area contributed by atoms with Gasteiger partial charge in [-0.05, 0) is 0 Å². The number of hydrogen-bond donors (Lipinski definition) is 0. The zero-order valence-corrected chi connectivity index (χ0v) is 17.2. The summed E-state index contributed by atoms with van der Waals surface area (Å²) < 4.78 is 1.20. The molecule has 0 fully saturated rings. The summed E-state index contributed by atoms with van der Waals surface area (Å²) in [7, 11) is 0. The van der Waals surface area contributed by atoms with Gasteiger partial charge in [-0.1, -0.05) is 0 Å². The third-order valence-corrected chi connectivity index (χ3v) is 6.13. The zero-order valence-electron chi connectivity index (χ0n) is 15.5. The number of nitrogens with zero attached hydrogens (tertiary/aromatic N) is 1. The van der Waals surface area contributed by atoms with E-state index in [1.807, 2.05) is 18.2 Å². The summed E-state index contributed by atoms with van der Waals surface area (Å²) >= 11 is 0.0155. The topological polar surface area (TPSA) is 37.4 Å². The molecule has 138 valence electrons. The molecule has 1 atom stereocenters. The first kappa shape index (κ1) is 19.4. The summed E-state index contributed by atoms with van der Waals surface area (Å²) in [6.07, 6.45) is 5.13. The average Bonchev–Trinajstić information content (AvgIpc) is 2.96. The summed E-state index contributed by atoms with van der Waals surface area (Å²) in [5.74, 6) is 2.82.